The van der Waals surface area contributed by atoms with Crippen molar-refractivity contribution in [3.8, 4) is 28.4 Å². The molecular weight excluding hydrogens is 430 g/mol. The van der Waals surface area contributed by atoms with Crippen LogP contribution in [0.3, 0.4) is 0 Å². The van der Waals surface area contributed by atoms with Crippen LogP contribution in [-0.2, 0) is 0 Å². The predicted octanol–water partition coefficient (Wildman–Crippen LogP) is 4.27. The second-order valence-corrected chi connectivity index (χ2v) is 7.06. The van der Waals surface area contributed by atoms with Crippen LogP contribution in [0.2, 0.25) is 0 Å². The summed E-state index contributed by atoms with van der Waals surface area (Å²) in [6, 6.07) is 10.0. The third-order valence-corrected chi connectivity index (χ3v) is 4.41. The Kier molecular flexibility index (Phi) is 6.73. The Labute approximate surface area is 180 Å². The minimum atomic E-state index is -4.82. The first-order valence-electron chi connectivity index (χ1n) is 9.49. The lowest BCUT2D eigenvalue weighted by Gasteiger charge is -2.13. The highest BCUT2D eigenvalue weighted by Gasteiger charge is 2.31. The molecule has 2 aromatic carbocycles. The molecule has 0 aliphatic rings. The number of ether oxygens (including phenoxy) is 1. The van der Waals surface area contributed by atoms with E-state index in [2.05, 4.69) is 20.0 Å². The topological polar surface area (TPSA) is 84.3 Å². The molecule has 1 heterocycles. The zero-order valence-electron chi connectivity index (χ0n) is 17.1. The average molecular weight is 449 g/mol. The molecule has 0 aliphatic heterocycles. The predicted molar refractivity (Wildman–Crippen MR) is 108 cm³/mol. The molecule has 0 spiro atoms. The number of carbonyl (C=O) groups excluding carboxylic acids is 1. The highest BCUT2D eigenvalue weighted by Crippen LogP contribution is 2.28. The number of hydrogen-bond donors (Lipinski definition) is 2. The van der Waals surface area contributed by atoms with Gasteiger partial charge >= 0.3 is 6.36 Å². The Bertz CT molecular complexity index is 1120. The minimum Gasteiger partial charge on any atom is -0.406 e. The Morgan fingerprint density at radius 3 is 2.34 bits per heavy atom. The Hall–Kier alpha value is -3.53. The summed E-state index contributed by atoms with van der Waals surface area (Å²) in [5, 5.41) is 11.8. The van der Waals surface area contributed by atoms with Crippen molar-refractivity contribution in [3.63, 3.8) is 0 Å². The molecule has 168 valence electrons. The van der Waals surface area contributed by atoms with Crippen LogP contribution in [0, 0.1) is 12.7 Å². The molecule has 32 heavy (non-hydrogen) atoms. The first-order chi connectivity index (χ1) is 15.1. The fourth-order valence-electron chi connectivity index (χ4n) is 2.80. The van der Waals surface area contributed by atoms with Gasteiger partial charge in [-0.15, -0.1) is 13.2 Å². The van der Waals surface area contributed by atoms with Gasteiger partial charge in [0.25, 0.3) is 5.91 Å². The van der Waals surface area contributed by atoms with E-state index in [0.717, 1.165) is 12.1 Å². The van der Waals surface area contributed by atoms with Crippen molar-refractivity contribution >= 4 is 5.91 Å². The molecule has 0 radical (unpaired) electrons. The summed E-state index contributed by atoms with van der Waals surface area (Å²) in [5.74, 6) is -1.27. The molecule has 1 atom stereocenters. The van der Waals surface area contributed by atoms with Crippen LogP contribution in [0.15, 0.2) is 48.5 Å². The van der Waals surface area contributed by atoms with Crippen molar-refractivity contribution in [1.82, 2.24) is 15.3 Å². The van der Waals surface area contributed by atoms with Crippen molar-refractivity contribution in [2.75, 3.05) is 6.61 Å². The van der Waals surface area contributed by atoms with Gasteiger partial charge in [-0.05, 0) is 67.9 Å². The molecule has 0 unspecified atom stereocenters. The molecule has 2 N–H and O–H groups in total. The highest BCUT2D eigenvalue weighted by atomic mass is 19.4. The lowest BCUT2D eigenvalue weighted by atomic mass is 10.1. The van der Waals surface area contributed by atoms with Crippen molar-refractivity contribution in [2.45, 2.75) is 26.3 Å². The standard InChI is InChI=1S/C22H19F4N3O3/c1-12-9-15(5-8-17(12)23)20-28-18(10-19(29-20)21(31)27-13(2)11-30)14-3-6-16(7-4-14)32-22(24,25)26/h3-10,13,30H,11H2,1-2H3,(H,27,31)/t13-/m0/s1. The quantitative estimate of drug-likeness (QED) is 0.550. The zero-order chi connectivity index (χ0) is 23.5. The number of nitrogens with one attached hydrogen (secondary N) is 1. The SMILES string of the molecule is Cc1cc(-c2nc(C(=O)N[C@@H](C)CO)cc(-c3ccc(OC(F)(F)F)cc3)n2)ccc1F. The van der Waals surface area contributed by atoms with Gasteiger partial charge in [-0.1, -0.05) is 0 Å². The molecular formula is C22H19F4N3O3. The van der Waals surface area contributed by atoms with E-state index in [1.54, 1.807) is 13.8 Å². The van der Waals surface area contributed by atoms with E-state index in [0.29, 0.717) is 16.7 Å². The third-order valence-electron chi connectivity index (χ3n) is 4.41. The lowest BCUT2D eigenvalue weighted by molar-refractivity contribution is -0.274. The molecule has 3 aromatic rings. The van der Waals surface area contributed by atoms with Crippen LogP contribution >= 0.6 is 0 Å². The number of aryl methyl sites for hydroxylation is 1. The first kappa shape index (κ1) is 23.1. The number of alkyl halides is 3. The second kappa shape index (κ2) is 9.31. The smallest absolute Gasteiger partial charge is 0.406 e. The fourth-order valence-corrected chi connectivity index (χ4v) is 2.80. The van der Waals surface area contributed by atoms with Crippen molar-refractivity contribution in [2.24, 2.45) is 0 Å². The van der Waals surface area contributed by atoms with E-state index in [1.807, 2.05) is 0 Å². The van der Waals surface area contributed by atoms with E-state index in [-0.39, 0.29) is 23.8 Å². The second-order valence-electron chi connectivity index (χ2n) is 7.06. The van der Waals surface area contributed by atoms with Crippen molar-refractivity contribution < 1.29 is 32.2 Å². The van der Waals surface area contributed by atoms with Gasteiger partial charge in [0.05, 0.1) is 12.3 Å². The van der Waals surface area contributed by atoms with Gasteiger partial charge in [0.15, 0.2) is 5.82 Å². The first-order valence-corrected chi connectivity index (χ1v) is 9.49. The van der Waals surface area contributed by atoms with Crippen LogP contribution in [-0.4, -0.2) is 40.0 Å². The van der Waals surface area contributed by atoms with Gasteiger partial charge in [0.1, 0.15) is 17.3 Å². The van der Waals surface area contributed by atoms with Crippen LogP contribution in [0.4, 0.5) is 17.6 Å². The van der Waals surface area contributed by atoms with Gasteiger partial charge < -0.3 is 15.2 Å². The lowest BCUT2D eigenvalue weighted by Crippen LogP contribution is -2.35. The maximum Gasteiger partial charge on any atom is 0.573 e. The molecule has 0 bridgehead atoms. The summed E-state index contributed by atoms with van der Waals surface area (Å²) >= 11 is 0. The molecule has 0 saturated heterocycles. The van der Waals surface area contributed by atoms with Gasteiger partial charge in [0, 0.05) is 17.2 Å². The number of hydrogen-bond acceptors (Lipinski definition) is 5. The summed E-state index contributed by atoms with van der Waals surface area (Å²) in [4.78, 5) is 21.3. The largest absolute Gasteiger partial charge is 0.573 e. The number of carbonyl (C=O) groups is 1. The number of halogens is 4. The number of benzene rings is 2. The number of nitrogens with zero attached hydrogens (tertiary/aromatic N) is 2. The third kappa shape index (κ3) is 5.79. The Morgan fingerprint density at radius 1 is 1.09 bits per heavy atom. The van der Waals surface area contributed by atoms with Crippen molar-refractivity contribution in [1.29, 1.82) is 0 Å². The molecule has 3 rings (SSSR count). The molecule has 1 amide bonds. The number of aromatic nitrogens is 2. The van der Waals surface area contributed by atoms with E-state index < -0.39 is 29.9 Å². The van der Waals surface area contributed by atoms with Crippen LogP contribution in [0.5, 0.6) is 5.75 Å². The summed E-state index contributed by atoms with van der Waals surface area (Å²) in [6.45, 7) is 2.89. The maximum atomic E-state index is 13.7. The Morgan fingerprint density at radius 2 is 1.75 bits per heavy atom. The fraction of sp³-hybridized carbons (Fsp3) is 0.227. The average Bonchev–Trinajstić information content (AvgIpc) is 2.74. The summed E-state index contributed by atoms with van der Waals surface area (Å²) in [6.07, 6.45) is -4.82. The molecule has 0 fully saturated rings. The van der Waals surface area contributed by atoms with Gasteiger partial charge in [0.2, 0.25) is 0 Å². The molecule has 1 aromatic heterocycles. The van der Waals surface area contributed by atoms with Crippen LogP contribution in [0.25, 0.3) is 22.6 Å². The highest BCUT2D eigenvalue weighted by molar-refractivity contribution is 5.94. The number of aliphatic hydroxyl groups excluding tert-OH is 1. The monoisotopic (exact) mass is 449 g/mol. The zero-order valence-corrected chi connectivity index (χ0v) is 17.1. The van der Waals surface area contributed by atoms with Crippen LogP contribution < -0.4 is 10.1 Å². The number of rotatable bonds is 6. The minimum absolute atomic E-state index is 0.0251. The summed E-state index contributed by atoms with van der Waals surface area (Å²) in [7, 11) is 0. The van der Waals surface area contributed by atoms with E-state index in [1.165, 1.54) is 36.4 Å². The van der Waals surface area contributed by atoms with Gasteiger partial charge in [-0.25, -0.2) is 14.4 Å². The maximum absolute atomic E-state index is 13.7. The number of amides is 1. The van der Waals surface area contributed by atoms with Crippen LogP contribution in [0.1, 0.15) is 23.0 Å². The van der Waals surface area contributed by atoms with E-state index in [4.69, 9.17) is 0 Å². The van der Waals surface area contributed by atoms with Gasteiger partial charge in [-0.3, -0.25) is 4.79 Å². The normalized spacial score (nSPS) is 12.3. The Balaban J connectivity index is 2.05. The number of aliphatic hydroxyl groups is 1. The molecule has 0 saturated carbocycles. The van der Waals surface area contributed by atoms with Crippen molar-refractivity contribution in [3.05, 3.63) is 65.6 Å². The van der Waals surface area contributed by atoms with E-state index >= 15 is 0 Å². The van der Waals surface area contributed by atoms with E-state index in [9.17, 15) is 27.5 Å². The summed E-state index contributed by atoms with van der Waals surface area (Å²) in [5.41, 5.74) is 1.45. The van der Waals surface area contributed by atoms with Gasteiger partial charge in [-0.2, -0.15) is 0 Å². The molecule has 6 nitrogen and oxygen atoms in total. The molecule has 10 heteroatoms. The molecule has 0 aliphatic carbocycles. The summed E-state index contributed by atoms with van der Waals surface area (Å²) < 4.78 is 54.8.